The Kier molecular flexibility index (Phi) is 4.73. The zero-order valence-corrected chi connectivity index (χ0v) is 15.4. The molecule has 0 aliphatic rings. The Hall–Kier alpha value is -2.09. The minimum atomic E-state index is -3.78. The second-order valence-corrected chi connectivity index (χ2v) is 8.21. The van der Waals surface area contributed by atoms with Crippen molar-refractivity contribution in [3.8, 4) is 11.3 Å². The van der Waals surface area contributed by atoms with Gasteiger partial charge >= 0.3 is 0 Å². The molecule has 2 aromatic heterocycles. The number of hydrogen-bond acceptors (Lipinski definition) is 4. The monoisotopic (exact) mass is 379 g/mol. The van der Waals surface area contributed by atoms with Gasteiger partial charge in [0.1, 0.15) is 0 Å². The van der Waals surface area contributed by atoms with Crippen LogP contribution >= 0.6 is 11.6 Å². The molecule has 0 spiro atoms. The lowest BCUT2D eigenvalue weighted by Gasteiger charge is -2.10. The van der Waals surface area contributed by atoms with Crippen LogP contribution in [-0.2, 0) is 16.6 Å². The van der Waals surface area contributed by atoms with Crippen molar-refractivity contribution in [2.45, 2.75) is 31.4 Å². The van der Waals surface area contributed by atoms with Crippen molar-refractivity contribution in [3.05, 3.63) is 59.5 Å². The number of aromatic nitrogens is 3. The third kappa shape index (κ3) is 3.63. The van der Waals surface area contributed by atoms with Crippen LogP contribution < -0.4 is 0 Å². The molecule has 0 amide bonds. The van der Waals surface area contributed by atoms with Crippen LogP contribution in [0.3, 0.4) is 0 Å². The highest BCUT2D eigenvalue weighted by Crippen LogP contribution is 2.29. The van der Waals surface area contributed by atoms with Crippen LogP contribution in [0.4, 0.5) is 0 Å². The number of rotatable bonds is 5. The van der Waals surface area contributed by atoms with Crippen LogP contribution in [0, 0.1) is 6.92 Å². The average molecular weight is 380 g/mol. The van der Waals surface area contributed by atoms with Gasteiger partial charge in [-0.2, -0.15) is 5.10 Å². The first kappa shape index (κ1) is 17.7. The fraction of sp³-hybridized carbons (Fsp3) is 0.235. The van der Waals surface area contributed by atoms with E-state index in [-0.39, 0.29) is 4.90 Å². The van der Waals surface area contributed by atoms with Crippen molar-refractivity contribution in [3.63, 3.8) is 0 Å². The number of nitrogens with zero attached hydrogens (tertiary/aromatic N) is 3. The molecule has 8 heteroatoms. The van der Waals surface area contributed by atoms with Gasteiger partial charge in [0, 0.05) is 18.0 Å². The summed E-state index contributed by atoms with van der Waals surface area (Å²) in [6.45, 7) is 3.87. The van der Waals surface area contributed by atoms with Crippen molar-refractivity contribution in [2.75, 3.05) is 0 Å². The first-order chi connectivity index (χ1) is 11.8. The van der Waals surface area contributed by atoms with E-state index in [0.29, 0.717) is 22.8 Å². The van der Waals surface area contributed by atoms with E-state index in [2.05, 4.69) is 5.10 Å². The molecule has 0 saturated carbocycles. The quantitative estimate of drug-likeness (QED) is 0.739. The van der Waals surface area contributed by atoms with Gasteiger partial charge in [-0.05, 0) is 32.0 Å². The predicted octanol–water partition coefficient (Wildman–Crippen LogP) is 2.93. The van der Waals surface area contributed by atoms with Crippen molar-refractivity contribution in [1.82, 2.24) is 13.8 Å². The lowest BCUT2D eigenvalue weighted by Crippen LogP contribution is -2.13. The molecule has 6 nitrogen and oxygen atoms in total. The summed E-state index contributed by atoms with van der Waals surface area (Å²) in [7, 11) is -3.78. The molecule has 0 fully saturated rings. The minimum absolute atomic E-state index is 0.183. The standard InChI is InChI=1S/C17H18ClN3O3S/c1-12-3-5-16(6-4-12)25(23,24)21-11-15(18)7-17(21)14-8-19-20(10-14)9-13(2)22/h3-8,10-11,13,22H,9H2,1-2H3/t13-/m0/s1. The number of aliphatic hydroxyl groups excluding tert-OH is 1. The summed E-state index contributed by atoms with van der Waals surface area (Å²) < 4.78 is 28.7. The van der Waals surface area contributed by atoms with Gasteiger partial charge in [0.05, 0.1) is 34.5 Å². The fourth-order valence-electron chi connectivity index (χ4n) is 2.51. The first-order valence-corrected chi connectivity index (χ1v) is 9.50. The molecule has 25 heavy (non-hydrogen) atoms. The second kappa shape index (κ2) is 6.67. The van der Waals surface area contributed by atoms with E-state index in [1.807, 2.05) is 6.92 Å². The summed E-state index contributed by atoms with van der Waals surface area (Å²) in [6.07, 6.45) is 4.05. The normalized spacial score (nSPS) is 13.1. The molecule has 2 heterocycles. The van der Waals surface area contributed by atoms with E-state index in [1.165, 1.54) is 6.20 Å². The summed E-state index contributed by atoms with van der Waals surface area (Å²) in [4.78, 5) is 0.183. The van der Waals surface area contributed by atoms with Gasteiger partial charge < -0.3 is 5.11 Å². The SMILES string of the molecule is Cc1ccc(S(=O)(=O)n2cc(Cl)cc2-c2cnn(C[C@H](C)O)c2)cc1. The maximum Gasteiger partial charge on any atom is 0.268 e. The molecular weight excluding hydrogens is 362 g/mol. The summed E-state index contributed by atoms with van der Waals surface area (Å²) in [6, 6.07) is 8.21. The number of benzene rings is 1. The highest BCUT2D eigenvalue weighted by atomic mass is 35.5. The maximum absolute atomic E-state index is 13.0. The van der Waals surface area contributed by atoms with Crippen LogP contribution in [0.15, 0.2) is 53.8 Å². The number of halogens is 1. The molecule has 0 aliphatic heterocycles. The number of aryl methyl sites for hydroxylation is 1. The summed E-state index contributed by atoms with van der Waals surface area (Å²) in [5, 5.41) is 13.9. The van der Waals surface area contributed by atoms with Crippen LogP contribution in [0.5, 0.6) is 0 Å². The van der Waals surface area contributed by atoms with E-state index in [1.54, 1.807) is 54.3 Å². The van der Waals surface area contributed by atoms with Crippen LogP contribution in [0.1, 0.15) is 12.5 Å². The Bertz CT molecular complexity index is 989. The van der Waals surface area contributed by atoms with Crippen molar-refractivity contribution in [2.24, 2.45) is 0 Å². The van der Waals surface area contributed by atoms with Gasteiger partial charge in [-0.3, -0.25) is 4.68 Å². The molecule has 0 aliphatic carbocycles. The van der Waals surface area contributed by atoms with E-state index >= 15 is 0 Å². The molecule has 0 saturated heterocycles. The molecule has 3 aromatic rings. The van der Waals surface area contributed by atoms with Gasteiger partial charge in [-0.15, -0.1) is 0 Å². The highest BCUT2D eigenvalue weighted by molar-refractivity contribution is 7.90. The molecule has 1 N–H and O–H groups in total. The number of hydrogen-bond donors (Lipinski definition) is 1. The first-order valence-electron chi connectivity index (χ1n) is 7.68. The topological polar surface area (TPSA) is 77.1 Å². The fourth-order valence-corrected chi connectivity index (χ4v) is 4.15. The molecule has 0 unspecified atom stereocenters. The number of aliphatic hydroxyl groups is 1. The summed E-state index contributed by atoms with van der Waals surface area (Å²) in [5.41, 5.74) is 2.00. The predicted molar refractivity (Wildman–Crippen MR) is 96.1 cm³/mol. The van der Waals surface area contributed by atoms with Gasteiger partial charge in [0.2, 0.25) is 0 Å². The van der Waals surface area contributed by atoms with E-state index in [9.17, 15) is 13.5 Å². The molecule has 3 rings (SSSR count). The lowest BCUT2D eigenvalue weighted by atomic mass is 10.2. The smallest absolute Gasteiger partial charge is 0.268 e. The van der Waals surface area contributed by atoms with Crippen LogP contribution in [0.2, 0.25) is 5.02 Å². The van der Waals surface area contributed by atoms with Crippen molar-refractivity contribution < 1.29 is 13.5 Å². The Morgan fingerprint density at radius 2 is 1.92 bits per heavy atom. The third-order valence-corrected chi connectivity index (χ3v) is 5.61. The molecule has 0 bridgehead atoms. The Morgan fingerprint density at radius 3 is 2.56 bits per heavy atom. The van der Waals surface area contributed by atoms with Crippen molar-refractivity contribution in [1.29, 1.82) is 0 Å². The highest BCUT2D eigenvalue weighted by Gasteiger charge is 2.22. The van der Waals surface area contributed by atoms with Gasteiger partial charge in [-0.25, -0.2) is 12.4 Å². The van der Waals surface area contributed by atoms with E-state index in [4.69, 9.17) is 11.6 Å². The summed E-state index contributed by atoms with van der Waals surface area (Å²) in [5.74, 6) is 0. The molecular formula is C17H18ClN3O3S. The second-order valence-electron chi connectivity index (χ2n) is 5.96. The zero-order valence-electron chi connectivity index (χ0n) is 13.8. The average Bonchev–Trinajstić information content (AvgIpc) is 3.14. The molecule has 1 aromatic carbocycles. The maximum atomic E-state index is 13.0. The Labute approximate surface area is 151 Å². The third-order valence-electron chi connectivity index (χ3n) is 3.71. The van der Waals surface area contributed by atoms with Crippen LogP contribution in [0.25, 0.3) is 11.3 Å². The van der Waals surface area contributed by atoms with Crippen LogP contribution in [-0.4, -0.2) is 33.4 Å². The zero-order chi connectivity index (χ0) is 18.2. The summed E-state index contributed by atoms with van der Waals surface area (Å²) >= 11 is 6.07. The van der Waals surface area contributed by atoms with Gasteiger partial charge in [0.25, 0.3) is 10.0 Å². The Morgan fingerprint density at radius 1 is 1.24 bits per heavy atom. The van der Waals surface area contributed by atoms with Gasteiger partial charge in [0.15, 0.2) is 0 Å². The Balaban J connectivity index is 2.07. The molecule has 0 radical (unpaired) electrons. The van der Waals surface area contributed by atoms with E-state index < -0.39 is 16.1 Å². The largest absolute Gasteiger partial charge is 0.391 e. The van der Waals surface area contributed by atoms with Gasteiger partial charge in [-0.1, -0.05) is 29.3 Å². The lowest BCUT2D eigenvalue weighted by molar-refractivity contribution is 0.168. The van der Waals surface area contributed by atoms with Crippen molar-refractivity contribution >= 4 is 21.6 Å². The van der Waals surface area contributed by atoms with E-state index in [0.717, 1.165) is 9.54 Å². The minimum Gasteiger partial charge on any atom is -0.391 e. The molecule has 1 atom stereocenters. The molecule has 132 valence electrons.